The van der Waals surface area contributed by atoms with Gasteiger partial charge in [0.2, 0.25) is 0 Å². The average Bonchev–Trinajstić information content (AvgIpc) is 3.38. The number of fused-ring (bicyclic) bond motifs is 1. The molecule has 0 bridgehead atoms. The van der Waals surface area contributed by atoms with Crippen LogP contribution in [-0.4, -0.2) is 16.2 Å². The number of aliphatic hydroxyl groups is 1. The number of carbonyl (C=O) groups is 1. The summed E-state index contributed by atoms with van der Waals surface area (Å²) < 4.78 is 73.2. The number of amides is 1. The van der Waals surface area contributed by atoms with E-state index in [1.165, 1.54) is 12.1 Å². The summed E-state index contributed by atoms with van der Waals surface area (Å²) in [6.07, 6.45) is -6.18. The van der Waals surface area contributed by atoms with Gasteiger partial charge in [-0.2, -0.15) is 13.2 Å². The summed E-state index contributed by atoms with van der Waals surface area (Å²) in [6, 6.07) is 7.24. The van der Waals surface area contributed by atoms with Gasteiger partial charge in [-0.15, -0.1) is 0 Å². The van der Waals surface area contributed by atoms with Crippen molar-refractivity contribution in [3.05, 3.63) is 104 Å². The van der Waals surface area contributed by atoms with Crippen LogP contribution in [0.3, 0.4) is 0 Å². The maximum atomic E-state index is 14.2. The zero-order valence-corrected chi connectivity index (χ0v) is 21.5. The Balaban J connectivity index is 1.63. The smallest absolute Gasteiger partial charge is 0.374 e. The number of hydrogen-bond acceptors (Lipinski definition) is 6. The van der Waals surface area contributed by atoms with E-state index < -0.39 is 47.1 Å². The summed E-state index contributed by atoms with van der Waals surface area (Å²) in [4.78, 5) is 13.2. The summed E-state index contributed by atoms with van der Waals surface area (Å²) in [7, 11) is 0. The molecule has 0 saturated heterocycles. The second kappa shape index (κ2) is 10.2. The molecule has 1 aliphatic rings. The number of aryl methyl sites for hydroxylation is 2. The summed E-state index contributed by atoms with van der Waals surface area (Å²) in [5.41, 5.74) is 0.308. The van der Waals surface area contributed by atoms with Gasteiger partial charge in [0.15, 0.2) is 5.76 Å². The lowest BCUT2D eigenvalue weighted by molar-refractivity contribution is -0.137. The van der Waals surface area contributed by atoms with E-state index in [1.807, 2.05) is 0 Å². The van der Waals surface area contributed by atoms with Crippen molar-refractivity contribution in [3.8, 4) is 0 Å². The summed E-state index contributed by atoms with van der Waals surface area (Å²) >= 11 is 6.33. The number of aromatic nitrogens is 1. The second-order valence-corrected chi connectivity index (χ2v) is 9.61. The normalized spacial score (nSPS) is 16.6. The van der Waals surface area contributed by atoms with E-state index >= 15 is 0 Å². The van der Waals surface area contributed by atoms with Gasteiger partial charge in [-0.3, -0.25) is 10.1 Å². The molecule has 0 aliphatic carbocycles. The van der Waals surface area contributed by atoms with Crippen molar-refractivity contribution in [1.29, 1.82) is 0 Å². The van der Waals surface area contributed by atoms with Gasteiger partial charge in [0, 0.05) is 33.1 Å². The maximum Gasteiger partial charge on any atom is 0.416 e. The molecule has 0 spiro atoms. The van der Waals surface area contributed by atoms with E-state index in [0.29, 0.717) is 35.0 Å². The predicted octanol–water partition coefficient (Wildman–Crippen LogP) is 6.92. The molecule has 3 aromatic carbocycles. The van der Waals surface area contributed by atoms with Crippen LogP contribution in [0.5, 0.6) is 0 Å². The van der Waals surface area contributed by atoms with Gasteiger partial charge in [-0.05, 0) is 67.9 Å². The van der Waals surface area contributed by atoms with Crippen molar-refractivity contribution in [2.45, 2.75) is 32.3 Å². The van der Waals surface area contributed by atoms with Crippen LogP contribution < -0.4 is 16.0 Å². The number of nitrogens with zero attached hydrogens (tertiary/aromatic N) is 1. The zero-order valence-electron chi connectivity index (χ0n) is 20.8. The van der Waals surface area contributed by atoms with Gasteiger partial charge in [-0.1, -0.05) is 16.8 Å². The minimum absolute atomic E-state index is 0.0453. The molecule has 0 fully saturated rings. The molecule has 0 saturated carbocycles. The fourth-order valence-electron chi connectivity index (χ4n) is 4.60. The van der Waals surface area contributed by atoms with E-state index in [2.05, 4.69) is 21.1 Å². The fraction of sp³-hybridized carbons (Fsp3) is 0.185. The molecule has 1 aromatic heterocycles. The van der Waals surface area contributed by atoms with Crippen molar-refractivity contribution in [1.82, 2.24) is 10.5 Å². The molecule has 13 heteroatoms. The molecule has 4 aromatic rings. The van der Waals surface area contributed by atoms with Crippen LogP contribution in [-0.2, 0) is 6.18 Å². The number of hydrogen-bond donors (Lipinski definition) is 4. The van der Waals surface area contributed by atoms with Gasteiger partial charge in [0.05, 0.1) is 11.6 Å². The Bertz CT molecular complexity index is 1620. The largest absolute Gasteiger partial charge is 0.416 e. The SMILES string of the molecule is Cc1noc(C)c1Nc1cc(NC(=O)c2cc(F)cc(C(F)(F)F)c2)c2c(c1)C(O)NC2c1cc(F)ccc1Cl. The lowest BCUT2D eigenvalue weighted by atomic mass is 9.95. The number of carbonyl (C=O) groups excluding carboxylic acids is 1. The minimum atomic E-state index is -4.89. The number of rotatable bonds is 5. The number of nitrogens with one attached hydrogen (secondary N) is 3. The molecule has 5 rings (SSSR count). The number of benzene rings is 3. The van der Waals surface area contributed by atoms with Gasteiger partial charge < -0.3 is 20.3 Å². The minimum Gasteiger partial charge on any atom is -0.374 e. The first kappa shape index (κ1) is 27.6. The van der Waals surface area contributed by atoms with E-state index in [1.54, 1.807) is 19.9 Å². The monoisotopic (exact) mass is 578 g/mol. The van der Waals surface area contributed by atoms with Crippen molar-refractivity contribution < 1.29 is 36.4 Å². The van der Waals surface area contributed by atoms with E-state index in [4.69, 9.17) is 16.1 Å². The first-order chi connectivity index (χ1) is 18.8. The standard InChI is InChI=1S/C27H20ClF5N4O3/c1-11-23(12(2)40-37-11)34-17-9-19-22(24(36-26(19)39)18-8-15(29)3-4-20(18)28)21(10-17)35-25(38)13-5-14(27(31,32)33)7-16(30)6-13/h3-10,24,26,34,36,39H,1-2H3,(H,35,38). The highest BCUT2D eigenvalue weighted by molar-refractivity contribution is 6.31. The topological polar surface area (TPSA) is 99.4 Å². The molecule has 7 nitrogen and oxygen atoms in total. The van der Waals surface area contributed by atoms with Crippen LogP contribution in [0.25, 0.3) is 0 Å². The molecule has 1 aliphatic heterocycles. The van der Waals surface area contributed by atoms with Crippen LogP contribution in [0.4, 0.5) is 39.0 Å². The van der Waals surface area contributed by atoms with Crippen molar-refractivity contribution in [2.75, 3.05) is 10.6 Å². The summed E-state index contributed by atoms with van der Waals surface area (Å²) in [5.74, 6) is -2.45. The number of alkyl halides is 3. The molecule has 208 valence electrons. The predicted molar refractivity (Wildman–Crippen MR) is 136 cm³/mol. The Morgan fingerprint density at radius 1 is 1.05 bits per heavy atom. The third kappa shape index (κ3) is 5.25. The molecule has 2 atom stereocenters. The van der Waals surface area contributed by atoms with Gasteiger partial charge in [-0.25, -0.2) is 8.78 Å². The summed E-state index contributed by atoms with van der Waals surface area (Å²) in [5, 5.41) is 23.4. The molecule has 1 amide bonds. The molecular formula is C27H20ClF5N4O3. The molecule has 4 N–H and O–H groups in total. The molecule has 40 heavy (non-hydrogen) atoms. The number of halogens is 6. The number of anilines is 3. The Kier molecular flexibility index (Phi) is 7.02. The van der Waals surface area contributed by atoms with Crippen LogP contribution >= 0.6 is 11.6 Å². The highest BCUT2D eigenvalue weighted by atomic mass is 35.5. The Morgan fingerprint density at radius 3 is 2.48 bits per heavy atom. The van der Waals surface area contributed by atoms with Gasteiger partial charge in [0.25, 0.3) is 5.91 Å². The third-order valence-corrected chi connectivity index (χ3v) is 6.77. The highest BCUT2D eigenvalue weighted by Gasteiger charge is 2.36. The first-order valence-corrected chi connectivity index (χ1v) is 12.2. The quantitative estimate of drug-likeness (QED) is 0.192. The molecule has 2 unspecified atom stereocenters. The van der Waals surface area contributed by atoms with Crippen LogP contribution in [0.15, 0.2) is 53.1 Å². The lowest BCUT2D eigenvalue weighted by Gasteiger charge is -2.20. The van der Waals surface area contributed by atoms with Crippen molar-refractivity contribution in [3.63, 3.8) is 0 Å². The Labute approximate surface area is 228 Å². The molecule has 0 radical (unpaired) electrons. The average molecular weight is 579 g/mol. The zero-order chi connectivity index (χ0) is 28.9. The van der Waals surface area contributed by atoms with Crippen LogP contribution in [0.1, 0.15) is 56.3 Å². The second-order valence-electron chi connectivity index (χ2n) is 9.20. The van der Waals surface area contributed by atoms with Gasteiger partial charge in [0.1, 0.15) is 29.2 Å². The molecular weight excluding hydrogens is 559 g/mol. The van der Waals surface area contributed by atoms with Crippen LogP contribution in [0.2, 0.25) is 5.02 Å². The third-order valence-electron chi connectivity index (χ3n) is 6.43. The van der Waals surface area contributed by atoms with E-state index in [9.17, 15) is 31.9 Å². The Morgan fingerprint density at radius 2 is 1.80 bits per heavy atom. The first-order valence-electron chi connectivity index (χ1n) is 11.8. The molecule has 2 heterocycles. The fourth-order valence-corrected chi connectivity index (χ4v) is 4.82. The lowest BCUT2D eigenvalue weighted by Crippen LogP contribution is -2.20. The number of aliphatic hydroxyl groups excluding tert-OH is 1. The Hall–Kier alpha value is -4.00. The highest BCUT2D eigenvalue weighted by Crippen LogP contribution is 2.45. The van der Waals surface area contributed by atoms with Gasteiger partial charge >= 0.3 is 6.18 Å². The summed E-state index contributed by atoms with van der Waals surface area (Å²) in [6.45, 7) is 3.36. The van der Waals surface area contributed by atoms with Crippen molar-refractivity contribution >= 4 is 34.6 Å². The van der Waals surface area contributed by atoms with Crippen molar-refractivity contribution in [2.24, 2.45) is 0 Å². The van der Waals surface area contributed by atoms with Crippen LogP contribution in [0, 0.1) is 25.5 Å². The van der Waals surface area contributed by atoms with E-state index in [0.717, 1.165) is 12.1 Å². The maximum absolute atomic E-state index is 14.2. The van der Waals surface area contributed by atoms with E-state index in [-0.39, 0.29) is 33.5 Å².